The third-order valence-corrected chi connectivity index (χ3v) is 4.13. The molecule has 1 nitrogen and oxygen atoms in total. The van der Waals surface area contributed by atoms with Crippen LogP contribution in [0.15, 0.2) is 0 Å². The van der Waals surface area contributed by atoms with Gasteiger partial charge in [0.2, 0.25) is 0 Å². The van der Waals surface area contributed by atoms with Crippen LogP contribution in [0.3, 0.4) is 0 Å². The number of rotatable bonds is 1. The molecule has 2 heteroatoms. The van der Waals surface area contributed by atoms with Gasteiger partial charge in [-0.15, -0.1) is 0 Å². The van der Waals surface area contributed by atoms with Crippen molar-refractivity contribution in [3.63, 3.8) is 0 Å². The largest absolute Gasteiger partial charge is 0.381 e. The van der Waals surface area contributed by atoms with Crippen LogP contribution in [-0.4, -0.2) is 18.5 Å². The molecule has 0 unspecified atom stereocenters. The molecule has 2 rings (SSSR count). The maximum absolute atomic E-state index is 5.36. The molecule has 1 saturated carbocycles. The van der Waals surface area contributed by atoms with Crippen molar-refractivity contribution in [2.24, 2.45) is 11.3 Å². The lowest BCUT2D eigenvalue weighted by Crippen LogP contribution is -2.42. The van der Waals surface area contributed by atoms with Gasteiger partial charge in [0.05, 0.1) is 0 Å². The molecule has 11 heavy (non-hydrogen) atoms. The predicted molar refractivity (Wildman–Crippen MR) is 49.0 cm³/mol. The van der Waals surface area contributed by atoms with Crippen molar-refractivity contribution < 1.29 is 4.74 Å². The van der Waals surface area contributed by atoms with Gasteiger partial charge in [-0.05, 0) is 37.0 Å². The fourth-order valence-corrected chi connectivity index (χ4v) is 2.94. The molecule has 0 aromatic rings. The van der Waals surface area contributed by atoms with E-state index in [1.807, 2.05) is 0 Å². The van der Waals surface area contributed by atoms with E-state index in [4.69, 9.17) is 4.74 Å². The molecule has 0 bridgehead atoms. The van der Waals surface area contributed by atoms with E-state index >= 15 is 0 Å². The maximum atomic E-state index is 5.36. The third kappa shape index (κ3) is 1.48. The molecule has 0 radical (unpaired) electrons. The lowest BCUT2D eigenvalue weighted by molar-refractivity contribution is -0.0524. The molecular formula is C9H15BrO. The highest BCUT2D eigenvalue weighted by Gasteiger charge is 2.43. The minimum atomic E-state index is 0.719. The lowest BCUT2D eigenvalue weighted by atomic mass is 9.59. The van der Waals surface area contributed by atoms with E-state index in [1.165, 1.54) is 31.0 Å². The van der Waals surface area contributed by atoms with E-state index in [-0.39, 0.29) is 0 Å². The van der Waals surface area contributed by atoms with E-state index in [0.29, 0.717) is 0 Å². The van der Waals surface area contributed by atoms with Crippen LogP contribution in [0.25, 0.3) is 0 Å². The number of ether oxygens (including phenoxy) is 1. The molecule has 0 aromatic carbocycles. The quantitative estimate of drug-likeness (QED) is 0.616. The summed E-state index contributed by atoms with van der Waals surface area (Å²) in [5.74, 6) is 0.966. The van der Waals surface area contributed by atoms with Gasteiger partial charge >= 0.3 is 0 Å². The SMILES string of the molecule is BrCC1CC2(CCOCC2)C1. The highest BCUT2D eigenvalue weighted by atomic mass is 79.9. The van der Waals surface area contributed by atoms with E-state index in [2.05, 4.69) is 15.9 Å². The average molecular weight is 219 g/mol. The number of hydrogen-bond acceptors (Lipinski definition) is 1. The molecule has 0 atom stereocenters. The first-order valence-electron chi connectivity index (χ1n) is 4.48. The van der Waals surface area contributed by atoms with Gasteiger partial charge in [-0.25, -0.2) is 0 Å². The van der Waals surface area contributed by atoms with Crippen LogP contribution in [0, 0.1) is 11.3 Å². The van der Waals surface area contributed by atoms with Crippen molar-refractivity contribution in [1.29, 1.82) is 0 Å². The summed E-state index contributed by atoms with van der Waals surface area (Å²) < 4.78 is 5.36. The summed E-state index contributed by atoms with van der Waals surface area (Å²) in [4.78, 5) is 0. The monoisotopic (exact) mass is 218 g/mol. The molecule has 1 saturated heterocycles. The third-order valence-electron chi connectivity index (χ3n) is 3.22. The van der Waals surface area contributed by atoms with E-state index in [9.17, 15) is 0 Å². The van der Waals surface area contributed by atoms with Crippen LogP contribution in [-0.2, 0) is 4.74 Å². The Morgan fingerprint density at radius 1 is 1.27 bits per heavy atom. The molecule has 2 aliphatic rings. The molecule has 0 N–H and O–H groups in total. The van der Waals surface area contributed by atoms with Crippen molar-refractivity contribution in [2.45, 2.75) is 25.7 Å². The lowest BCUT2D eigenvalue weighted by Gasteiger charge is -2.49. The second kappa shape index (κ2) is 3.06. The number of hydrogen-bond donors (Lipinski definition) is 0. The van der Waals surface area contributed by atoms with Gasteiger partial charge < -0.3 is 4.74 Å². The van der Waals surface area contributed by atoms with E-state index in [1.54, 1.807) is 0 Å². The topological polar surface area (TPSA) is 9.23 Å². The molecule has 1 heterocycles. The summed E-state index contributed by atoms with van der Waals surface area (Å²) in [7, 11) is 0. The Balaban J connectivity index is 1.84. The fraction of sp³-hybridized carbons (Fsp3) is 1.00. The minimum Gasteiger partial charge on any atom is -0.381 e. The zero-order valence-electron chi connectivity index (χ0n) is 6.81. The summed E-state index contributed by atoms with van der Waals surface area (Å²) in [5, 5.41) is 1.20. The van der Waals surface area contributed by atoms with Crippen LogP contribution in [0.4, 0.5) is 0 Å². The summed E-state index contributed by atoms with van der Waals surface area (Å²) in [6.07, 6.45) is 5.52. The first kappa shape index (κ1) is 8.06. The molecule has 0 aromatic heterocycles. The highest BCUT2D eigenvalue weighted by Crippen LogP contribution is 2.52. The first-order chi connectivity index (χ1) is 5.35. The molecule has 1 aliphatic heterocycles. The van der Waals surface area contributed by atoms with Crippen LogP contribution in [0.2, 0.25) is 0 Å². The van der Waals surface area contributed by atoms with Crippen LogP contribution in [0.5, 0.6) is 0 Å². The van der Waals surface area contributed by atoms with Crippen molar-refractivity contribution >= 4 is 15.9 Å². The van der Waals surface area contributed by atoms with E-state index in [0.717, 1.165) is 24.5 Å². The zero-order valence-corrected chi connectivity index (χ0v) is 8.40. The van der Waals surface area contributed by atoms with Gasteiger partial charge in [-0.3, -0.25) is 0 Å². The summed E-state index contributed by atoms with van der Waals surface area (Å²) in [6.45, 7) is 2.02. The van der Waals surface area contributed by atoms with Gasteiger partial charge in [0.25, 0.3) is 0 Å². The Hall–Kier alpha value is 0.440. The Bertz CT molecular complexity index is 132. The second-order valence-electron chi connectivity index (χ2n) is 4.04. The average Bonchev–Trinajstić information content (AvgIpc) is 2.01. The maximum Gasteiger partial charge on any atom is 0.0471 e. The Morgan fingerprint density at radius 2 is 1.91 bits per heavy atom. The van der Waals surface area contributed by atoms with Crippen LogP contribution in [0.1, 0.15) is 25.7 Å². The van der Waals surface area contributed by atoms with Gasteiger partial charge in [0, 0.05) is 18.5 Å². The van der Waals surface area contributed by atoms with Crippen molar-refractivity contribution in [2.75, 3.05) is 18.5 Å². The highest BCUT2D eigenvalue weighted by molar-refractivity contribution is 9.09. The smallest absolute Gasteiger partial charge is 0.0471 e. The molecule has 2 fully saturated rings. The van der Waals surface area contributed by atoms with Crippen molar-refractivity contribution in [3.05, 3.63) is 0 Å². The van der Waals surface area contributed by atoms with Gasteiger partial charge in [-0.2, -0.15) is 0 Å². The predicted octanol–water partition coefficient (Wildman–Crippen LogP) is 2.59. The molecule has 1 aliphatic carbocycles. The fourth-order valence-electron chi connectivity index (χ4n) is 2.49. The molecule has 0 amide bonds. The summed E-state index contributed by atoms with van der Waals surface area (Å²) in [6, 6.07) is 0. The minimum absolute atomic E-state index is 0.719. The first-order valence-corrected chi connectivity index (χ1v) is 5.61. The molecule has 64 valence electrons. The summed E-state index contributed by atoms with van der Waals surface area (Å²) in [5.41, 5.74) is 0.719. The van der Waals surface area contributed by atoms with Gasteiger partial charge in [0.1, 0.15) is 0 Å². The van der Waals surface area contributed by atoms with E-state index < -0.39 is 0 Å². The number of halogens is 1. The van der Waals surface area contributed by atoms with Gasteiger partial charge in [0.15, 0.2) is 0 Å². The van der Waals surface area contributed by atoms with Crippen LogP contribution >= 0.6 is 15.9 Å². The Kier molecular flexibility index (Phi) is 2.24. The Morgan fingerprint density at radius 3 is 2.45 bits per heavy atom. The normalized spacial score (nSPS) is 30.3. The zero-order chi connectivity index (χ0) is 7.73. The van der Waals surface area contributed by atoms with Crippen molar-refractivity contribution in [3.8, 4) is 0 Å². The second-order valence-corrected chi connectivity index (χ2v) is 4.69. The van der Waals surface area contributed by atoms with Crippen LogP contribution < -0.4 is 0 Å². The van der Waals surface area contributed by atoms with Gasteiger partial charge in [-0.1, -0.05) is 15.9 Å². The van der Waals surface area contributed by atoms with Crippen molar-refractivity contribution in [1.82, 2.24) is 0 Å². The standard InChI is InChI=1S/C9H15BrO/c10-7-8-5-9(6-8)1-3-11-4-2-9/h8H,1-7H2. The molecular weight excluding hydrogens is 204 g/mol. The molecule has 1 spiro atoms. The summed E-state index contributed by atoms with van der Waals surface area (Å²) >= 11 is 3.54. The number of alkyl halides is 1. The Labute approximate surface area is 76.6 Å².